The first-order valence-corrected chi connectivity index (χ1v) is 7.72. The minimum absolute atomic E-state index is 0.600. The zero-order chi connectivity index (χ0) is 12.3. The van der Waals surface area contributed by atoms with Crippen LogP contribution >= 0.6 is 22.6 Å². The largest absolute Gasteiger partial charge is 0.299 e. The molecule has 1 aromatic carbocycles. The smallest absolute Gasteiger partial charge is 0.0233 e. The molecule has 1 aliphatic rings. The summed E-state index contributed by atoms with van der Waals surface area (Å²) in [5.74, 6) is 0. The Morgan fingerprint density at radius 1 is 1.18 bits per heavy atom. The second-order valence-corrected chi connectivity index (χ2v) is 6.54. The van der Waals surface area contributed by atoms with Crippen molar-refractivity contribution in [2.75, 3.05) is 13.1 Å². The van der Waals surface area contributed by atoms with Crippen LogP contribution in [0, 0.1) is 8.99 Å². The Balaban J connectivity index is 1.95. The van der Waals surface area contributed by atoms with Crippen LogP contribution in [0.15, 0.2) is 24.3 Å². The second-order valence-electron chi connectivity index (χ2n) is 5.29. The van der Waals surface area contributed by atoms with Gasteiger partial charge in [0.1, 0.15) is 0 Å². The van der Waals surface area contributed by atoms with Gasteiger partial charge in [0.15, 0.2) is 0 Å². The summed E-state index contributed by atoms with van der Waals surface area (Å²) in [5, 5.41) is 0. The zero-order valence-electron chi connectivity index (χ0n) is 10.9. The van der Waals surface area contributed by atoms with Gasteiger partial charge in [-0.1, -0.05) is 26.0 Å². The predicted molar refractivity (Wildman–Crippen MR) is 82.1 cm³/mol. The summed E-state index contributed by atoms with van der Waals surface area (Å²) in [6.45, 7) is 8.37. The molecule has 0 N–H and O–H groups in total. The Hall–Kier alpha value is -0.0900. The van der Waals surface area contributed by atoms with Gasteiger partial charge >= 0.3 is 0 Å². The highest BCUT2D eigenvalue weighted by molar-refractivity contribution is 14.1. The van der Waals surface area contributed by atoms with Crippen molar-refractivity contribution >= 4 is 22.6 Å². The van der Waals surface area contributed by atoms with Gasteiger partial charge in [0.25, 0.3) is 0 Å². The van der Waals surface area contributed by atoms with Crippen molar-refractivity contribution in [1.82, 2.24) is 4.90 Å². The van der Waals surface area contributed by atoms with E-state index < -0.39 is 0 Å². The average molecular weight is 343 g/mol. The molecule has 1 saturated heterocycles. The van der Waals surface area contributed by atoms with Crippen molar-refractivity contribution in [3.05, 3.63) is 33.4 Å². The summed E-state index contributed by atoms with van der Waals surface area (Å²) < 4.78 is 1.32. The Labute approximate surface area is 119 Å². The van der Waals surface area contributed by atoms with E-state index in [9.17, 15) is 0 Å². The third-order valence-electron chi connectivity index (χ3n) is 4.34. The molecule has 0 saturated carbocycles. The van der Waals surface area contributed by atoms with Crippen LogP contribution in [-0.4, -0.2) is 18.0 Å². The van der Waals surface area contributed by atoms with Crippen molar-refractivity contribution in [1.29, 1.82) is 0 Å². The van der Waals surface area contributed by atoms with E-state index in [4.69, 9.17) is 0 Å². The highest BCUT2D eigenvalue weighted by atomic mass is 127. The summed E-state index contributed by atoms with van der Waals surface area (Å²) in [6, 6.07) is 8.94. The van der Waals surface area contributed by atoms with E-state index in [0.29, 0.717) is 5.41 Å². The van der Waals surface area contributed by atoms with Gasteiger partial charge in [0.2, 0.25) is 0 Å². The zero-order valence-corrected chi connectivity index (χ0v) is 13.0. The molecule has 0 aromatic heterocycles. The van der Waals surface area contributed by atoms with E-state index in [0.717, 1.165) is 6.54 Å². The molecule has 1 aliphatic heterocycles. The minimum atomic E-state index is 0.600. The molecule has 2 heteroatoms. The standard InChI is InChI=1S/C15H22IN/c1-3-15(4-2)9-10-17(12-15)11-13-5-7-14(16)8-6-13/h5-8H,3-4,9-12H2,1-2H3. The first-order chi connectivity index (χ1) is 8.17. The fraction of sp³-hybridized carbons (Fsp3) is 0.600. The maximum atomic E-state index is 2.62. The molecule has 0 atom stereocenters. The van der Waals surface area contributed by atoms with Crippen LogP contribution in [-0.2, 0) is 6.54 Å². The first-order valence-electron chi connectivity index (χ1n) is 6.64. The monoisotopic (exact) mass is 343 g/mol. The third kappa shape index (κ3) is 3.22. The molecule has 0 bridgehead atoms. The normalized spacial score (nSPS) is 19.7. The molecule has 0 spiro atoms. The number of rotatable bonds is 4. The molecule has 17 heavy (non-hydrogen) atoms. The summed E-state index contributed by atoms with van der Waals surface area (Å²) in [6.07, 6.45) is 4.03. The van der Waals surface area contributed by atoms with Gasteiger partial charge in [0.05, 0.1) is 0 Å². The lowest BCUT2D eigenvalue weighted by atomic mass is 9.82. The topological polar surface area (TPSA) is 3.24 Å². The van der Waals surface area contributed by atoms with Crippen LogP contribution in [0.5, 0.6) is 0 Å². The number of halogens is 1. The lowest BCUT2D eigenvalue weighted by molar-refractivity contribution is 0.236. The maximum absolute atomic E-state index is 2.62. The number of hydrogen-bond donors (Lipinski definition) is 0. The molecule has 0 aliphatic carbocycles. The van der Waals surface area contributed by atoms with Crippen LogP contribution in [0.4, 0.5) is 0 Å². The van der Waals surface area contributed by atoms with Gasteiger partial charge < -0.3 is 0 Å². The quantitative estimate of drug-likeness (QED) is 0.737. The molecule has 0 unspecified atom stereocenters. The SMILES string of the molecule is CCC1(CC)CCN(Cc2ccc(I)cc2)C1. The number of nitrogens with zero attached hydrogens (tertiary/aromatic N) is 1. The van der Waals surface area contributed by atoms with Crippen LogP contribution in [0.1, 0.15) is 38.7 Å². The fourth-order valence-corrected chi connectivity index (χ4v) is 3.20. The molecule has 1 fully saturated rings. The van der Waals surface area contributed by atoms with E-state index in [1.807, 2.05) is 0 Å². The van der Waals surface area contributed by atoms with E-state index in [2.05, 4.69) is 65.6 Å². The van der Waals surface area contributed by atoms with Gasteiger partial charge in [0, 0.05) is 16.7 Å². The van der Waals surface area contributed by atoms with E-state index in [1.165, 1.54) is 41.5 Å². The fourth-order valence-electron chi connectivity index (χ4n) is 2.84. The lowest BCUT2D eigenvalue weighted by Gasteiger charge is -2.26. The molecule has 2 rings (SSSR count). The van der Waals surface area contributed by atoms with Crippen molar-refractivity contribution in [2.24, 2.45) is 5.41 Å². The molecular weight excluding hydrogens is 321 g/mol. The Morgan fingerprint density at radius 2 is 1.82 bits per heavy atom. The van der Waals surface area contributed by atoms with Crippen molar-refractivity contribution in [3.8, 4) is 0 Å². The average Bonchev–Trinajstić information content (AvgIpc) is 2.76. The van der Waals surface area contributed by atoms with Crippen molar-refractivity contribution < 1.29 is 0 Å². The van der Waals surface area contributed by atoms with Gasteiger partial charge in [-0.2, -0.15) is 0 Å². The highest BCUT2D eigenvalue weighted by Crippen LogP contribution is 2.37. The summed E-state index contributed by atoms with van der Waals surface area (Å²) in [7, 11) is 0. The van der Waals surface area contributed by atoms with Crippen LogP contribution < -0.4 is 0 Å². The van der Waals surface area contributed by atoms with E-state index >= 15 is 0 Å². The minimum Gasteiger partial charge on any atom is -0.299 e. The summed E-state index contributed by atoms with van der Waals surface area (Å²) >= 11 is 2.36. The number of hydrogen-bond acceptors (Lipinski definition) is 1. The number of benzene rings is 1. The molecule has 1 nitrogen and oxygen atoms in total. The van der Waals surface area contributed by atoms with Gasteiger partial charge in [-0.25, -0.2) is 0 Å². The molecular formula is C15H22IN. The Kier molecular flexibility index (Phi) is 4.47. The summed E-state index contributed by atoms with van der Waals surface area (Å²) in [5.41, 5.74) is 2.05. The Bertz CT molecular complexity index is 354. The second kappa shape index (κ2) is 5.70. The van der Waals surface area contributed by atoms with Crippen molar-refractivity contribution in [3.63, 3.8) is 0 Å². The molecule has 1 heterocycles. The van der Waals surface area contributed by atoms with Crippen LogP contribution in [0.3, 0.4) is 0 Å². The molecule has 0 amide bonds. The van der Waals surface area contributed by atoms with Crippen molar-refractivity contribution in [2.45, 2.75) is 39.7 Å². The van der Waals surface area contributed by atoms with Crippen LogP contribution in [0.25, 0.3) is 0 Å². The van der Waals surface area contributed by atoms with E-state index in [1.54, 1.807) is 0 Å². The predicted octanol–water partition coefficient (Wildman–Crippen LogP) is 4.30. The maximum Gasteiger partial charge on any atom is 0.0233 e. The molecule has 1 aromatic rings. The molecule has 94 valence electrons. The third-order valence-corrected chi connectivity index (χ3v) is 5.06. The Morgan fingerprint density at radius 3 is 2.35 bits per heavy atom. The van der Waals surface area contributed by atoms with E-state index in [-0.39, 0.29) is 0 Å². The van der Waals surface area contributed by atoms with Crippen LogP contribution in [0.2, 0.25) is 0 Å². The summed E-state index contributed by atoms with van der Waals surface area (Å²) in [4.78, 5) is 2.62. The van der Waals surface area contributed by atoms with Gasteiger partial charge in [-0.3, -0.25) is 4.90 Å². The number of likely N-dealkylation sites (tertiary alicyclic amines) is 1. The highest BCUT2D eigenvalue weighted by Gasteiger charge is 2.34. The van der Waals surface area contributed by atoms with Gasteiger partial charge in [-0.05, 0) is 71.5 Å². The van der Waals surface area contributed by atoms with Gasteiger partial charge in [-0.15, -0.1) is 0 Å². The lowest BCUT2D eigenvalue weighted by Crippen LogP contribution is -2.26. The first kappa shape index (κ1) is 13.3. The molecule has 0 radical (unpaired) electrons.